The number of thiocarbonyl (C=S) groups is 1. The molecule has 1 fully saturated rings. The van der Waals surface area contributed by atoms with Crippen LogP contribution in [0.1, 0.15) is 24.0 Å². The Hall–Kier alpha value is -1.55. The van der Waals surface area contributed by atoms with Crippen LogP contribution in [0, 0.1) is 0 Å². The number of halogens is 6. The van der Waals surface area contributed by atoms with E-state index in [1.807, 2.05) is 7.05 Å². The van der Waals surface area contributed by atoms with E-state index >= 15 is 0 Å². The summed E-state index contributed by atoms with van der Waals surface area (Å²) in [6.45, 7) is 1.41. The van der Waals surface area contributed by atoms with Crippen LogP contribution in [0.15, 0.2) is 18.2 Å². The molecule has 0 radical (unpaired) electrons. The molecule has 0 saturated carbocycles. The van der Waals surface area contributed by atoms with E-state index in [0.29, 0.717) is 18.7 Å². The van der Waals surface area contributed by atoms with Crippen molar-refractivity contribution in [2.75, 3.05) is 25.5 Å². The van der Waals surface area contributed by atoms with Crippen molar-refractivity contribution in [3.05, 3.63) is 29.3 Å². The summed E-state index contributed by atoms with van der Waals surface area (Å²) in [5.41, 5.74) is -3.13. The summed E-state index contributed by atoms with van der Waals surface area (Å²) in [7, 11) is 1.94. The van der Waals surface area contributed by atoms with E-state index in [2.05, 4.69) is 15.5 Å². The maximum absolute atomic E-state index is 12.8. The van der Waals surface area contributed by atoms with Crippen LogP contribution in [0.3, 0.4) is 0 Å². The largest absolute Gasteiger partial charge is 0.416 e. The molecule has 0 aromatic heterocycles. The number of rotatable bonds is 3. The molecule has 1 saturated heterocycles. The van der Waals surface area contributed by atoms with E-state index in [4.69, 9.17) is 12.2 Å². The van der Waals surface area contributed by atoms with Gasteiger partial charge in [0.25, 0.3) is 0 Å². The number of nitrogens with zero attached hydrogens (tertiary/aromatic N) is 1. The third kappa shape index (κ3) is 5.46. The molecule has 1 aromatic carbocycles. The van der Waals surface area contributed by atoms with Crippen LogP contribution in [0.2, 0.25) is 0 Å². The Kier molecular flexibility index (Phi) is 5.82. The van der Waals surface area contributed by atoms with E-state index in [-0.39, 0.29) is 22.9 Å². The van der Waals surface area contributed by atoms with Gasteiger partial charge in [-0.25, -0.2) is 0 Å². The first-order valence-electron chi connectivity index (χ1n) is 7.51. The van der Waals surface area contributed by atoms with Crippen LogP contribution < -0.4 is 10.6 Å². The molecule has 0 aliphatic carbocycles. The summed E-state index contributed by atoms with van der Waals surface area (Å²) in [6.07, 6.45) is -7.79. The lowest BCUT2D eigenvalue weighted by molar-refractivity contribution is -0.143. The molecule has 0 spiro atoms. The van der Waals surface area contributed by atoms with E-state index in [0.717, 1.165) is 19.4 Å². The number of likely N-dealkylation sites (N-methyl/N-ethyl adjacent to an activating group) is 1. The maximum atomic E-state index is 12.8. The lowest BCUT2D eigenvalue weighted by atomic mass is 10.1. The van der Waals surface area contributed by atoms with E-state index in [9.17, 15) is 26.3 Å². The van der Waals surface area contributed by atoms with Crippen LogP contribution in [0.25, 0.3) is 0 Å². The van der Waals surface area contributed by atoms with Gasteiger partial charge in [0.2, 0.25) is 0 Å². The number of alkyl halides is 6. The van der Waals surface area contributed by atoms with Crippen molar-refractivity contribution in [2.24, 2.45) is 0 Å². The summed E-state index contributed by atoms with van der Waals surface area (Å²) < 4.78 is 76.9. The molecule has 10 heteroatoms. The third-order valence-electron chi connectivity index (χ3n) is 4.02. The second kappa shape index (κ2) is 7.36. The van der Waals surface area contributed by atoms with Gasteiger partial charge in [0.15, 0.2) is 5.11 Å². The summed E-state index contributed by atoms with van der Waals surface area (Å²) >= 11 is 4.98. The fourth-order valence-electron chi connectivity index (χ4n) is 2.65. The number of anilines is 1. The molecule has 0 unspecified atom stereocenters. The molecular weight excluding hydrogens is 368 g/mol. The van der Waals surface area contributed by atoms with Gasteiger partial charge < -0.3 is 15.5 Å². The van der Waals surface area contributed by atoms with Gasteiger partial charge in [-0.3, -0.25) is 0 Å². The van der Waals surface area contributed by atoms with Gasteiger partial charge in [-0.05, 0) is 56.9 Å². The molecule has 0 bridgehead atoms. The molecule has 3 nitrogen and oxygen atoms in total. The number of nitrogens with one attached hydrogen (secondary N) is 2. The Morgan fingerprint density at radius 2 is 1.68 bits per heavy atom. The van der Waals surface area contributed by atoms with Crippen molar-refractivity contribution < 1.29 is 26.3 Å². The van der Waals surface area contributed by atoms with Crippen molar-refractivity contribution in [3.63, 3.8) is 0 Å². The van der Waals surface area contributed by atoms with Crippen LogP contribution in [0.5, 0.6) is 0 Å². The Morgan fingerprint density at radius 1 is 1.12 bits per heavy atom. The molecule has 1 aliphatic heterocycles. The fourth-order valence-corrected chi connectivity index (χ4v) is 2.85. The SMILES string of the molecule is CN1CCC[C@H]1CNC(=S)Nc1cc(C(F)(F)F)cc(C(F)(F)F)c1. The van der Waals surface area contributed by atoms with E-state index in [1.165, 1.54) is 0 Å². The van der Waals surface area contributed by atoms with Crippen molar-refractivity contribution in [3.8, 4) is 0 Å². The first-order valence-corrected chi connectivity index (χ1v) is 7.92. The van der Waals surface area contributed by atoms with Crippen molar-refractivity contribution >= 4 is 23.0 Å². The molecule has 0 amide bonds. The molecular formula is C15H17F6N3S. The van der Waals surface area contributed by atoms with Crippen LogP contribution >= 0.6 is 12.2 Å². The highest BCUT2D eigenvalue weighted by Gasteiger charge is 2.37. The van der Waals surface area contributed by atoms with Crippen LogP contribution in [-0.4, -0.2) is 36.2 Å². The fraction of sp³-hybridized carbons (Fsp3) is 0.533. The van der Waals surface area contributed by atoms with Gasteiger partial charge in [-0.1, -0.05) is 0 Å². The van der Waals surface area contributed by atoms with Crippen molar-refractivity contribution in [2.45, 2.75) is 31.2 Å². The summed E-state index contributed by atoms with van der Waals surface area (Å²) in [5.74, 6) is 0. The summed E-state index contributed by atoms with van der Waals surface area (Å²) in [6, 6.07) is 1.51. The Morgan fingerprint density at radius 3 is 2.12 bits per heavy atom. The minimum atomic E-state index is -4.89. The average Bonchev–Trinajstić information content (AvgIpc) is 2.88. The standard InChI is InChI=1S/C15H17F6N3S/c1-24-4-2-3-12(24)8-22-13(25)23-11-6-9(14(16,17)18)5-10(7-11)15(19,20)21/h5-7,12H,2-4,8H2,1H3,(H2,22,23,25)/t12-/m0/s1. The highest BCUT2D eigenvalue weighted by molar-refractivity contribution is 7.80. The second-order valence-corrected chi connectivity index (χ2v) is 6.31. The summed E-state index contributed by atoms with van der Waals surface area (Å²) in [4.78, 5) is 2.11. The lowest BCUT2D eigenvalue weighted by Crippen LogP contribution is -2.40. The highest BCUT2D eigenvalue weighted by atomic mass is 32.1. The molecule has 2 rings (SSSR count). The van der Waals surface area contributed by atoms with E-state index < -0.39 is 23.5 Å². The zero-order chi connectivity index (χ0) is 18.8. The van der Waals surface area contributed by atoms with Crippen LogP contribution in [0.4, 0.5) is 32.0 Å². The molecule has 140 valence electrons. The first-order chi connectivity index (χ1) is 11.5. The number of hydrogen-bond donors (Lipinski definition) is 2. The predicted molar refractivity (Wildman–Crippen MR) is 86.3 cm³/mol. The Labute approximate surface area is 146 Å². The van der Waals surface area contributed by atoms with Crippen molar-refractivity contribution in [1.82, 2.24) is 10.2 Å². The molecule has 1 atom stereocenters. The molecule has 2 N–H and O–H groups in total. The first kappa shape index (κ1) is 19.8. The topological polar surface area (TPSA) is 27.3 Å². The normalized spacial score (nSPS) is 19.1. The van der Waals surface area contributed by atoms with Gasteiger partial charge in [0.1, 0.15) is 0 Å². The maximum Gasteiger partial charge on any atom is 0.416 e. The Balaban J connectivity index is 2.10. The lowest BCUT2D eigenvalue weighted by Gasteiger charge is -2.21. The zero-order valence-electron chi connectivity index (χ0n) is 13.3. The molecule has 1 heterocycles. The quantitative estimate of drug-likeness (QED) is 0.605. The summed E-state index contributed by atoms with van der Waals surface area (Å²) in [5, 5.41) is 5.22. The second-order valence-electron chi connectivity index (χ2n) is 5.91. The molecule has 25 heavy (non-hydrogen) atoms. The van der Waals surface area contributed by atoms with Gasteiger partial charge in [0, 0.05) is 18.3 Å². The van der Waals surface area contributed by atoms with Gasteiger partial charge in [-0.2, -0.15) is 26.3 Å². The van der Waals surface area contributed by atoms with Crippen LogP contribution in [-0.2, 0) is 12.4 Å². The third-order valence-corrected chi connectivity index (χ3v) is 4.26. The number of hydrogen-bond acceptors (Lipinski definition) is 2. The average molecular weight is 385 g/mol. The number of likely N-dealkylation sites (tertiary alicyclic amines) is 1. The monoisotopic (exact) mass is 385 g/mol. The van der Waals surface area contributed by atoms with E-state index in [1.54, 1.807) is 0 Å². The smallest absolute Gasteiger partial charge is 0.361 e. The molecule has 1 aliphatic rings. The molecule has 1 aromatic rings. The van der Waals surface area contributed by atoms with Gasteiger partial charge >= 0.3 is 12.4 Å². The van der Waals surface area contributed by atoms with Gasteiger partial charge in [0.05, 0.1) is 11.1 Å². The number of benzene rings is 1. The minimum Gasteiger partial charge on any atom is -0.361 e. The van der Waals surface area contributed by atoms with Crippen molar-refractivity contribution in [1.29, 1.82) is 0 Å². The van der Waals surface area contributed by atoms with Gasteiger partial charge in [-0.15, -0.1) is 0 Å². The minimum absolute atomic E-state index is 0.0206. The predicted octanol–water partition coefficient (Wildman–Crippen LogP) is 4.10. The highest BCUT2D eigenvalue weighted by Crippen LogP contribution is 2.37. The Bertz CT molecular complexity index is 596. The zero-order valence-corrected chi connectivity index (χ0v) is 14.1.